The first-order valence-electron chi connectivity index (χ1n) is 12.7. The Morgan fingerprint density at radius 1 is 1.21 bits per heavy atom. The lowest BCUT2D eigenvalue weighted by molar-refractivity contribution is -0.495. The van der Waals surface area contributed by atoms with Gasteiger partial charge < -0.3 is 19.9 Å². The molecule has 2 amide bonds. The van der Waals surface area contributed by atoms with Gasteiger partial charge in [0.2, 0.25) is 5.91 Å². The number of imidazole rings is 1. The number of nitrogens with one attached hydrogen (secondary N) is 3. The fourth-order valence-corrected chi connectivity index (χ4v) is 4.60. The molecule has 1 aliphatic rings. The molecule has 1 aliphatic heterocycles. The van der Waals surface area contributed by atoms with E-state index in [9.17, 15) is 9.59 Å². The van der Waals surface area contributed by atoms with Gasteiger partial charge >= 0.3 is 6.09 Å². The van der Waals surface area contributed by atoms with Gasteiger partial charge in [0.1, 0.15) is 29.5 Å². The molecule has 0 spiro atoms. The molecule has 38 heavy (non-hydrogen) atoms. The SMILES string of the molecule is COC(=O)N[C@H](C(=O)N1CCCC1c1ncc(-c2ccc([NH2+]/C=C(\N=N)c3ccccc3)cc2)[nH]1)C(C)C. The Balaban J connectivity index is 1.45. The highest BCUT2D eigenvalue weighted by molar-refractivity contribution is 5.86. The summed E-state index contributed by atoms with van der Waals surface area (Å²) in [7, 11) is 1.29. The molecule has 10 nitrogen and oxygen atoms in total. The third-order valence-electron chi connectivity index (χ3n) is 6.68. The van der Waals surface area contributed by atoms with Crippen molar-refractivity contribution < 1.29 is 19.6 Å². The van der Waals surface area contributed by atoms with Crippen molar-refractivity contribution in [1.82, 2.24) is 20.2 Å². The minimum Gasteiger partial charge on any atom is -0.453 e. The first kappa shape index (κ1) is 26.7. The van der Waals surface area contributed by atoms with Crippen LogP contribution in [0.5, 0.6) is 0 Å². The predicted octanol–water partition coefficient (Wildman–Crippen LogP) is 4.35. The molecule has 2 heterocycles. The highest BCUT2D eigenvalue weighted by Crippen LogP contribution is 2.32. The van der Waals surface area contributed by atoms with Crippen molar-refractivity contribution in [3.05, 3.63) is 78.4 Å². The van der Waals surface area contributed by atoms with Crippen LogP contribution in [0.4, 0.5) is 10.5 Å². The van der Waals surface area contributed by atoms with Crippen LogP contribution in [0, 0.1) is 11.4 Å². The second-order valence-corrected chi connectivity index (χ2v) is 9.55. The number of hydrogen-bond acceptors (Lipinski definition) is 6. The van der Waals surface area contributed by atoms with E-state index in [2.05, 4.69) is 20.4 Å². The van der Waals surface area contributed by atoms with Crippen molar-refractivity contribution >= 4 is 23.4 Å². The summed E-state index contributed by atoms with van der Waals surface area (Å²) in [6.07, 6.45) is 4.66. The minimum absolute atomic E-state index is 0.0845. The summed E-state index contributed by atoms with van der Waals surface area (Å²) >= 11 is 0. The summed E-state index contributed by atoms with van der Waals surface area (Å²) in [5, 5.41) is 8.25. The van der Waals surface area contributed by atoms with Gasteiger partial charge in [0, 0.05) is 24.2 Å². The summed E-state index contributed by atoms with van der Waals surface area (Å²) in [5.74, 6) is 0.515. The molecule has 1 saturated heterocycles. The molecule has 1 unspecified atom stereocenters. The van der Waals surface area contributed by atoms with E-state index in [1.165, 1.54) is 7.11 Å². The first-order valence-corrected chi connectivity index (χ1v) is 12.7. The number of carbonyl (C=O) groups excluding carboxylic acids is 2. The third-order valence-corrected chi connectivity index (χ3v) is 6.68. The van der Waals surface area contributed by atoms with Gasteiger partial charge in [0.05, 0.1) is 25.0 Å². The molecule has 3 aromatic rings. The number of quaternary nitrogens is 1. The van der Waals surface area contributed by atoms with Gasteiger partial charge in [-0.3, -0.25) is 10.1 Å². The summed E-state index contributed by atoms with van der Waals surface area (Å²) < 4.78 is 4.71. The lowest BCUT2D eigenvalue weighted by Crippen LogP contribution is -2.71. The molecule has 10 heteroatoms. The maximum absolute atomic E-state index is 13.3. The zero-order chi connectivity index (χ0) is 27.1. The van der Waals surface area contributed by atoms with Crippen LogP contribution in [0.1, 0.15) is 44.1 Å². The quantitative estimate of drug-likeness (QED) is 0.248. The number of amides is 2. The number of likely N-dealkylation sites (tertiary alicyclic amines) is 1. The van der Waals surface area contributed by atoms with Gasteiger partial charge in [-0.15, -0.1) is 0 Å². The molecule has 1 fully saturated rings. The number of H-pyrrole nitrogens is 1. The first-order chi connectivity index (χ1) is 18.4. The maximum atomic E-state index is 13.3. The summed E-state index contributed by atoms with van der Waals surface area (Å²) in [4.78, 5) is 34.9. The van der Waals surface area contributed by atoms with Crippen LogP contribution in [0.15, 0.2) is 72.1 Å². The number of aromatic nitrogens is 2. The van der Waals surface area contributed by atoms with E-state index < -0.39 is 12.1 Å². The highest BCUT2D eigenvalue weighted by Gasteiger charge is 2.37. The Hall–Kier alpha value is -4.31. The topological polar surface area (TPSA) is 140 Å². The fourth-order valence-electron chi connectivity index (χ4n) is 4.60. The Morgan fingerprint density at radius 2 is 1.95 bits per heavy atom. The Morgan fingerprint density at radius 3 is 2.61 bits per heavy atom. The average Bonchev–Trinajstić information content (AvgIpc) is 3.62. The minimum atomic E-state index is -0.666. The second kappa shape index (κ2) is 12.3. The van der Waals surface area contributed by atoms with Crippen LogP contribution in [-0.4, -0.2) is 46.6 Å². The van der Waals surface area contributed by atoms with Gasteiger partial charge in [-0.1, -0.05) is 44.2 Å². The average molecular weight is 517 g/mol. The molecule has 198 valence electrons. The van der Waals surface area contributed by atoms with Crippen molar-refractivity contribution in [2.24, 2.45) is 11.0 Å². The molecule has 5 N–H and O–H groups in total. The van der Waals surface area contributed by atoms with E-state index >= 15 is 0 Å². The number of nitrogens with zero attached hydrogens (tertiary/aromatic N) is 3. The van der Waals surface area contributed by atoms with Gasteiger partial charge in [-0.25, -0.2) is 15.3 Å². The number of hydrogen-bond donors (Lipinski definition) is 4. The van der Waals surface area contributed by atoms with Crippen molar-refractivity contribution in [1.29, 1.82) is 5.53 Å². The van der Waals surface area contributed by atoms with Gasteiger partial charge in [-0.2, -0.15) is 5.11 Å². The van der Waals surface area contributed by atoms with Crippen LogP contribution in [-0.2, 0) is 9.53 Å². The molecule has 0 bridgehead atoms. The predicted molar refractivity (Wildman–Crippen MR) is 143 cm³/mol. The van der Waals surface area contributed by atoms with E-state index in [1.807, 2.05) is 80.0 Å². The van der Waals surface area contributed by atoms with Crippen LogP contribution in [0.3, 0.4) is 0 Å². The van der Waals surface area contributed by atoms with Gasteiger partial charge in [-0.05, 0) is 36.5 Å². The lowest BCUT2D eigenvalue weighted by atomic mass is 10.0. The zero-order valence-electron chi connectivity index (χ0n) is 21.8. The number of benzene rings is 2. The molecule has 1 aromatic heterocycles. The standard InChI is InChI=1S/C28H33N7O3/c1-18(2)25(33-28(37)38-3)27(36)35-15-7-10-24(35)26-31-16-22(32-26)20-11-13-21(14-12-20)30-17-23(34-29)19-8-5-4-6-9-19/h4-6,8-9,11-14,16-18,24-25,29-30H,7,10,15H2,1-3H3,(H,31,32)(H,33,37)/p+1/b23-17-,34-29?/t24?,25-/m0/s1. The maximum Gasteiger partial charge on any atom is 0.407 e. The third kappa shape index (κ3) is 6.15. The number of nitrogens with two attached hydrogens (primary N) is 1. The molecule has 2 aromatic carbocycles. The largest absolute Gasteiger partial charge is 0.453 e. The van der Waals surface area contributed by atoms with Crippen LogP contribution in [0.25, 0.3) is 17.0 Å². The molecule has 2 atom stereocenters. The lowest BCUT2D eigenvalue weighted by Gasteiger charge is -2.30. The summed E-state index contributed by atoms with van der Waals surface area (Å²) in [5.41, 5.74) is 11.8. The summed E-state index contributed by atoms with van der Waals surface area (Å²) in [6, 6.07) is 16.8. The second-order valence-electron chi connectivity index (χ2n) is 9.55. The number of methoxy groups -OCH3 is 1. The fraction of sp³-hybridized carbons (Fsp3) is 0.321. The van der Waals surface area contributed by atoms with E-state index in [4.69, 9.17) is 10.3 Å². The van der Waals surface area contributed by atoms with E-state index in [1.54, 1.807) is 11.1 Å². The highest BCUT2D eigenvalue weighted by atomic mass is 16.5. The molecule has 0 saturated carbocycles. The summed E-state index contributed by atoms with van der Waals surface area (Å²) in [6.45, 7) is 4.41. The Bertz CT molecular complexity index is 1290. The number of alkyl carbamates (subject to hydrolysis) is 1. The van der Waals surface area contributed by atoms with Gasteiger partial charge in [0.25, 0.3) is 0 Å². The van der Waals surface area contributed by atoms with E-state index in [0.717, 1.165) is 41.2 Å². The normalized spacial score (nSPS) is 16.4. The molecular formula is C28H34N7O3+. The number of ether oxygens (including phenoxy) is 1. The van der Waals surface area contributed by atoms with Crippen molar-refractivity contribution in [2.75, 3.05) is 13.7 Å². The van der Waals surface area contributed by atoms with E-state index in [0.29, 0.717) is 12.2 Å². The van der Waals surface area contributed by atoms with Gasteiger partial charge in [0.15, 0.2) is 0 Å². The Kier molecular flexibility index (Phi) is 8.65. The number of aromatic amines is 1. The van der Waals surface area contributed by atoms with Crippen LogP contribution < -0.4 is 10.6 Å². The number of rotatable bonds is 9. The smallest absolute Gasteiger partial charge is 0.407 e. The van der Waals surface area contributed by atoms with Crippen molar-refractivity contribution in [3.63, 3.8) is 0 Å². The molecule has 0 radical (unpaired) electrons. The van der Waals surface area contributed by atoms with Crippen LogP contribution in [0.2, 0.25) is 0 Å². The van der Waals surface area contributed by atoms with Crippen LogP contribution >= 0.6 is 0 Å². The van der Waals surface area contributed by atoms with E-state index in [-0.39, 0.29) is 17.9 Å². The Labute approximate surface area is 222 Å². The molecule has 0 aliphatic carbocycles. The van der Waals surface area contributed by atoms with Crippen molar-refractivity contribution in [3.8, 4) is 11.3 Å². The molecule has 4 rings (SSSR count). The monoisotopic (exact) mass is 516 g/mol. The number of carbonyl (C=O) groups is 2. The van der Waals surface area contributed by atoms with Crippen molar-refractivity contribution in [2.45, 2.75) is 38.8 Å². The zero-order valence-corrected chi connectivity index (χ0v) is 21.8. The molecular weight excluding hydrogens is 482 g/mol.